The van der Waals surface area contributed by atoms with Gasteiger partial charge in [-0.15, -0.1) is 0 Å². The number of aromatic nitrogens is 1. The lowest BCUT2D eigenvalue weighted by Crippen LogP contribution is -2.07. The van der Waals surface area contributed by atoms with E-state index in [0.29, 0.717) is 18.2 Å². The van der Waals surface area contributed by atoms with Crippen molar-refractivity contribution in [3.05, 3.63) is 58.3 Å². The van der Waals surface area contributed by atoms with Gasteiger partial charge in [0.1, 0.15) is 5.75 Å². The van der Waals surface area contributed by atoms with Gasteiger partial charge < -0.3 is 10.1 Å². The fourth-order valence-electron chi connectivity index (χ4n) is 1.59. The van der Waals surface area contributed by atoms with Crippen molar-refractivity contribution >= 4 is 5.69 Å². The van der Waals surface area contributed by atoms with E-state index in [4.69, 9.17) is 4.74 Å². The molecule has 1 aromatic heterocycles. The van der Waals surface area contributed by atoms with E-state index in [9.17, 15) is 10.1 Å². The molecule has 1 aromatic carbocycles. The minimum absolute atomic E-state index is 0.0313. The number of nitrogens with one attached hydrogen (secondary N) is 1. The van der Waals surface area contributed by atoms with Gasteiger partial charge in [0, 0.05) is 30.4 Å². The summed E-state index contributed by atoms with van der Waals surface area (Å²) >= 11 is 0. The molecule has 1 N–H and O–H groups in total. The van der Waals surface area contributed by atoms with Gasteiger partial charge >= 0.3 is 0 Å². The Kier molecular flexibility index (Phi) is 4.04. The predicted octanol–water partition coefficient (Wildman–Crippen LogP) is 2.50. The fourth-order valence-corrected chi connectivity index (χ4v) is 1.59. The first-order valence-electron chi connectivity index (χ1n) is 5.71. The summed E-state index contributed by atoms with van der Waals surface area (Å²) in [5.74, 6) is 1.01. The Hall–Kier alpha value is -2.47. The summed E-state index contributed by atoms with van der Waals surface area (Å²) in [6.07, 6.45) is 1.64. The number of ether oxygens (including phenoxy) is 1. The van der Waals surface area contributed by atoms with Gasteiger partial charge in [0.25, 0.3) is 5.69 Å². The maximum absolute atomic E-state index is 10.6. The highest BCUT2D eigenvalue weighted by Crippen LogP contribution is 2.24. The van der Waals surface area contributed by atoms with Gasteiger partial charge in [-0.1, -0.05) is 6.07 Å². The van der Waals surface area contributed by atoms with Crippen LogP contribution in [0.25, 0.3) is 0 Å². The molecular weight excluding hydrogens is 246 g/mol. The van der Waals surface area contributed by atoms with Gasteiger partial charge in [0.05, 0.1) is 4.92 Å². The molecule has 6 heteroatoms. The molecule has 0 saturated heterocycles. The van der Waals surface area contributed by atoms with Crippen LogP contribution in [0, 0.1) is 10.1 Å². The number of rotatable bonds is 5. The number of hydrogen-bond acceptors (Lipinski definition) is 5. The minimum Gasteiger partial charge on any atom is -0.439 e. The standard InChI is InChI=1S/C13H13N3O3/c1-14-9-10-3-2-8-15-13(10)19-12-6-4-11(5-7-12)16(17)18/h2-8,14H,9H2,1H3. The second-order valence-electron chi connectivity index (χ2n) is 3.85. The smallest absolute Gasteiger partial charge is 0.269 e. The zero-order valence-corrected chi connectivity index (χ0v) is 10.4. The predicted molar refractivity (Wildman–Crippen MR) is 70.2 cm³/mol. The van der Waals surface area contributed by atoms with E-state index in [-0.39, 0.29) is 5.69 Å². The van der Waals surface area contributed by atoms with Crippen molar-refractivity contribution in [3.8, 4) is 11.6 Å². The molecule has 0 aliphatic rings. The van der Waals surface area contributed by atoms with E-state index in [2.05, 4.69) is 10.3 Å². The molecule has 2 aromatic rings. The first-order chi connectivity index (χ1) is 9.20. The molecule has 1 heterocycles. The van der Waals surface area contributed by atoms with E-state index >= 15 is 0 Å². The van der Waals surface area contributed by atoms with Crippen molar-refractivity contribution < 1.29 is 9.66 Å². The first-order valence-corrected chi connectivity index (χ1v) is 5.71. The van der Waals surface area contributed by atoms with Crippen molar-refractivity contribution in [1.29, 1.82) is 0 Å². The quantitative estimate of drug-likeness (QED) is 0.659. The van der Waals surface area contributed by atoms with Crippen molar-refractivity contribution in [3.63, 3.8) is 0 Å². The summed E-state index contributed by atoms with van der Waals surface area (Å²) in [5.41, 5.74) is 0.951. The summed E-state index contributed by atoms with van der Waals surface area (Å²) in [7, 11) is 1.84. The number of nitrogens with zero attached hydrogens (tertiary/aromatic N) is 2. The Morgan fingerprint density at radius 1 is 1.32 bits per heavy atom. The third kappa shape index (κ3) is 3.26. The molecule has 6 nitrogen and oxygen atoms in total. The lowest BCUT2D eigenvalue weighted by atomic mass is 10.2. The van der Waals surface area contributed by atoms with Gasteiger partial charge in [0.2, 0.25) is 5.88 Å². The summed E-state index contributed by atoms with van der Waals surface area (Å²) in [6.45, 7) is 0.635. The van der Waals surface area contributed by atoms with E-state index in [1.165, 1.54) is 12.1 Å². The van der Waals surface area contributed by atoms with E-state index in [1.807, 2.05) is 19.2 Å². The van der Waals surface area contributed by atoms with Gasteiger partial charge in [-0.2, -0.15) is 0 Å². The topological polar surface area (TPSA) is 77.3 Å². The Morgan fingerprint density at radius 2 is 2.05 bits per heavy atom. The molecule has 2 rings (SSSR count). The van der Waals surface area contributed by atoms with Crippen LogP contribution in [0.3, 0.4) is 0 Å². The van der Waals surface area contributed by atoms with Crippen LogP contribution in [0.5, 0.6) is 11.6 Å². The maximum Gasteiger partial charge on any atom is 0.269 e. The number of nitro benzene ring substituents is 1. The van der Waals surface area contributed by atoms with E-state index < -0.39 is 4.92 Å². The van der Waals surface area contributed by atoms with Crippen LogP contribution in [0.4, 0.5) is 5.69 Å². The Bertz CT molecular complexity index is 570. The van der Waals surface area contributed by atoms with Crippen LogP contribution in [-0.4, -0.2) is 17.0 Å². The highest BCUT2D eigenvalue weighted by Gasteiger charge is 2.08. The number of pyridine rings is 1. The fraction of sp³-hybridized carbons (Fsp3) is 0.154. The second-order valence-corrected chi connectivity index (χ2v) is 3.85. The zero-order valence-electron chi connectivity index (χ0n) is 10.4. The lowest BCUT2D eigenvalue weighted by Gasteiger charge is -2.09. The molecule has 19 heavy (non-hydrogen) atoms. The lowest BCUT2D eigenvalue weighted by molar-refractivity contribution is -0.384. The Labute approximate surface area is 110 Å². The largest absolute Gasteiger partial charge is 0.439 e. The van der Waals surface area contributed by atoms with Gasteiger partial charge in [0.15, 0.2) is 0 Å². The summed E-state index contributed by atoms with van der Waals surface area (Å²) < 4.78 is 5.62. The maximum atomic E-state index is 10.6. The number of benzene rings is 1. The van der Waals surface area contributed by atoms with E-state index in [0.717, 1.165) is 5.56 Å². The third-order valence-corrected chi connectivity index (χ3v) is 2.48. The van der Waals surface area contributed by atoms with Crippen LogP contribution in [0.15, 0.2) is 42.6 Å². The van der Waals surface area contributed by atoms with Gasteiger partial charge in [-0.3, -0.25) is 10.1 Å². The molecule has 0 saturated carbocycles. The van der Waals surface area contributed by atoms with Crippen LogP contribution < -0.4 is 10.1 Å². The van der Waals surface area contributed by atoms with Gasteiger partial charge in [-0.05, 0) is 25.2 Å². The third-order valence-electron chi connectivity index (χ3n) is 2.48. The highest BCUT2D eigenvalue weighted by atomic mass is 16.6. The molecular formula is C13H13N3O3. The molecule has 0 aliphatic carbocycles. The summed E-state index contributed by atoms with van der Waals surface area (Å²) in [6, 6.07) is 9.64. The molecule has 0 unspecified atom stereocenters. The average molecular weight is 259 g/mol. The van der Waals surface area contributed by atoms with Crippen LogP contribution in [0.2, 0.25) is 0 Å². The molecule has 0 spiro atoms. The van der Waals surface area contributed by atoms with Crippen molar-refractivity contribution in [1.82, 2.24) is 10.3 Å². The van der Waals surface area contributed by atoms with Gasteiger partial charge in [-0.25, -0.2) is 4.98 Å². The van der Waals surface area contributed by atoms with Crippen LogP contribution in [-0.2, 0) is 6.54 Å². The van der Waals surface area contributed by atoms with Crippen LogP contribution >= 0.6 is 0 Å². The average Bonchev–Trinajstić information content (AvgIpc) is 2.42. The molecule has 0 atom stereocenters. The minimum atomic E-state index is -0.447. The molecule has 0 radical (unpaired) electrons. The normalized spacial score (nSPS) is 10.2. The van der Waals surface area contributed by atoms with E-state index in [1.54, 1.807) is 18.3 Å². The number of nitro groups is 1. The summed E-state index contributed by atoms with van der Waals surface area (Å²) in [5, 5.41) is 13.6. The highest BCUT2D eigenvalue weighted by molar-refractivity contribution is 5.38. The van der Waals surface area contributed by atoms with Crippen molar-refractivity contribution in [2.24, 2.45) is 0 Å². The van der Waals surface area contributed by atoms with Crippen LogP contribution in [0.1, 0.15) is 5.56 Å². The SMILES string of the molecule is CNCc1cccnc1Oc1ccc([N+](=O)[O-])cc1. The molecule has 0 bridgehead atoms. The number of non-ortho nitro benzene ring substituents is 1. The molecule has 98 valence electrons. The Balaban J connectivity index is 2.19. The number of hydrogen-bond donors (Lipinski definition) is 1. The van der Waals surface area contributed by atoms with Crippen molar-refractivity contribution in [2.75, 3.05) is 7.05 Å². The zero-order chi connectivity index (χ0) is 13.7. The van der Waals surface area contributed by atoms with Crippen molar-refractivity contribution in [2.45, 2.75) is 6.54 Å². The monoisotopic (exact) mass is 259 g/mol. The summed E-state index contributed by atoms with van der Waals surface area (Å²) in [4.78, 5) is 14.3. The molecule has 0 fully saturated rings. The first kappa shape index (κ1) is 13.0. The Morgan fingerprint density at radius 3 is 2.68 bits per heavy atom. The second kappa shape index (κ2) is 5.92. The molecule has 0 amide bonds. The molecule has 0 aliphatic heterocycles.